The van der Waals surface area contributed by atoms with Crippen molar-refractivity contribution >= 4 is 0 Å². The predicted octanol–water partition coefficient (Wildman–Crippen LogP) is 5.37. The molecule has 0 nitrogen and oxygen atoms in total. The fourth-order valence-electron chi connectivity index (χ4n) is 3.23. The summed E-state index contributed by atoms with van der Waals surface area (Å²) in [5.41, 5.74) is 6.39. The van der Waals surface area contributed by atoms with Crippen molar-refractivity contribution in [3.8, 4) is 0 Å². The normalized spacial score (nSPS) is 15.0. The zero-order chi connectivity index (χ0) is 14.2. The van der Waals surface area contributed by atoms with E-state index in [-0.39, 0.29) is 26.2 Å². The smallest absolute Gasteiger partial charge is 0.210 e. The van der Waals surface area contributed by atoms with Gasteiger partial charge >= 0.3 is 26.2 Å². The Kier molecular flexibility index (Phi) is 8.85. The van der Waals surface area contributed by atoms with Gasteiger partial charge in [0.15, 0.2) is 0 Å². The van der Waals surface area contributed by atoms with Crippen LogP contribution in [0.1, 0.15) is 47.9 Å². The third-order valence-corrected chi connectivity index (χ3v) is 4.30. The van der Waals surface area contributed by atoms with Crippen LogP contribution < -0.4 is 0 Å². The van der Waals surface area contributed by atoms with Crippen molar-refractivity contribution in [3.05, 3.63) is 71.8 Å². The van der Waals surface area contributed by atoms with E-state index in [1.807, 2.05) is 0 Å². The molecule has 0 spiro atoms. The molecule has 0 atom stereocenters. The van der Waals surface area contributed by atoms with Crippen molar-refractivity contribution in [1.82, 2.24) is 0 Å². The van der Waals surface area contributed by atoms with E-state index in [2.05, 4.69) is 49.6 Å². The van der Waals surface area contributed by atoms with E-state index >= 15 is 0 Å². The summed E-state index contributed by atoms with van der Waals surface area (Å²) in [4.78, 5) is 0. The van der Waals surface area contributed by atoms with Gasteiger partial charge in [0.05, 0.1) is 0 Å². The monoisotopic (exact) mass is 356 g/mol. The SMILES string of the molecule is C=C.[Zr+2].c1cc2c([cH-]1)CCCC2.c1cc2c([cH-]1)CCCC2. The van der Waals surface area contributed by atoms with Crippen molar-refractivity contribution in [2.75, 3.05) is 0 Å². The second-order valence-corrected chi connectivity index (χ2v) is 5.57. The molecular formula is C20H26Zr. The van der Waals surface area contributed by atoms with E-state index in [1.165, 1.54) is 51.4 Å². The minimum Gasteiger partial charge on any atom is -0.210 e. The van der Waals surface area contributed by atoms with Crippen molar-refractivity contribution in [1.29, 1.82) is 0 Å². The van der Waals surface area contributed by atoms with Gasteiger partial charge in [-0.25, -0.2) is 12.1 Å². The second kappa shape index (κ2) is 10.1. The van der Waals surface area contributed by atoms with Crippen LogP contribution in [0.25, 0.3) is 0 Å². The predicted molar refractivity (Wildman–Crippen MR) is 88.6 cm³/mol. The van der Waals surface area contributed by atoms with Gasteiger partial charge in [-0.15, -0.1) is 13.2 Å². The molecule has 0 bridgehead atoms. The molecule has 21 heavy (non-hydrogen) atoms. The van der Waals surface area contributed by atoms with Crippen molar-refractivity contribution in [2.24, 2.45) is 0 Å². The summed E-state index contributed by atoms with van der Waals surface area (Å²) in [5, 5.41) is 0. The Bertz CT molecular complexity index is 416. The van der Waals surface area contributed by atoms with Crippen LogP contribution >= 0.6 is 0 Å². The van der Waals surface area contributed by atoms with Gasteiger partial charge < -0.3 is 0 Å². The minimum absolute atomic E-state index is 0. The molecule has 0 heterocycles. The van der Waals surface area contributed by atoms with Gasteiger partial charge in [0.1, 0.15) is 0 Å². The summed E-state index contributed by atoms with van der Waals surface area (Å²) < 4.78 is 0. The largest absolute Gasteiger partial charge is 2.00 e. The maximum absolute atomic E-state index is 3.00. The molecule has 2 aliphatic rings. The summed E-state index contributed by atoms with van der Waals surface area (Å²) in [6.45, 7) is 6.00. The van der Waals surface area contributed by atoms with Crippen LogP contribution in [0.5, 0.6) is 0 Å². The Balaban J connectivity index is 0.000000181. The molecule has 0 fully saturated rings. The molecule has 0 unspecified atom stereocenters. The topological polar surface area (TPSA) is 0 Å². The van der Waals surface area contributed by atoms with Crippen molar-refractivity contribution < 1.29 is 26.2 Å². The summed E-state index contributed by atoms with van der Waals surface area (Å²) in [7, 11) is 0. The van der Waals surface area contributed by atoms with E-state index in [0.717, 1.165) is 0 Å². The van der Waals surface area contributed by atoms with E-state index in [1.54, 1.807) is 22.3 Å². The van der Waals surface area contributed by atoms with Gasteiger partial charge in [0, 0.05) is 0 Å². The van der Waals surface area contributed by atoms with Crippen LogP contribution in [0.2, 0.25) is 0 Å². The van der Waals surface area contributed by atoms with Crippen molar-refractivity contribution in [2.45, 2.75) is 51.4 Å². The van der Waals surface area contributed by atoms with Crippen LogP contribution in [0.15, 0.2) is 49.6 Å². The van der Waals surface area contributed by atoms with Crippen LogP contribution in [0.3, 0.4) is 0 Å². The van der Waals surface area contributed by atoms with E-state index in [9.17, 15) is 0 Å². The number of fused-ring (bicyclic) bond motifs is 2. The average molecular weight is 358 g/mol. The van der Waals surface area contributed by atoms with Crippen LogP contribution in [-0.4, -0.2) is 0 Å². The standard InChI is InChI=1S/2C9H11.C2H4.Zr/c2*1-2-5-9-7-3-6-8(9)4-1;1-2;/h2*3,6-7H,1-2,4-5H2;1-2H2;/q2*-1;;+2. The molecule has 0 N–H and O–H groups in total. The molecule has 0 saturated heterocycles. The molecule has 0 aromatic heterocycles. The Labute approximate surface area is 149 Å². The summed E-state index contributed by atoms with van der Waals surface area (Å²) in [5.74, 6) is 0. The molecule has 0 amide bonds. The Hall–Kier alpha value is -0.677. The maximum atomic E-state index is 3.00. The second-order valence-electron chi connectivity index (χ2n) is 5.57. The summed E-state index contributed by atoms with van der Waals surface area (Å²) in [6, 6.07) is 13.4. The molecule has 2 aliphatic carbocycles. The van der Waals surface area contributed by atoms with Crippen LogP contribution in [0, 0.1) is 0 Å². The Morgan fingerprint density at radius 3 is 1.43 bits per heavy atom. The number of rotatable bonds is 0. The minimum atomic E-state index is 0. The van der Waals surface area contributed by atoms with Gasteiger partial charge in [-0.2, -0.15) is 46.5 Å². The summed E-state index contributed by atoms with van der Waals surface area (Å²) in [6.07, 6.45) is 10.9. The molecule has 2 aromatic carbocycles. The first-order valence-electron chi connectivity index (χ1n) is 7.90. The molecule has 1 heteroatoms. The number of hydrogen-bond acceptors (Lipinski definition) is 0. The molecule has 110 valence electrons. The zero-order valence-corrected chi connectivity index (χ0v) is 15.5. The molecule has 0 radical (unpaired) electrons. The fourth-order valence-corrected chi connectivity index (χ4v) is 3.23. The quantitative estimate of drug-likeness (QED) is 0.439. The number of hydrogen-bond donors (Lipinski definition) is 0. The van der Waals surface area contributed by atoms with Crippen molar-refractivity contribution in [3.63, 3.8) is 0 Å². The van der Waals surface area contributed by atoms with Gasteiger partial charge in [-0.1, -0.05) is 51.4 Å². The zero-order valence-electron chi connectivity index (χ0n) is 13.0. The molecule has 2 aromatic rings. The molecular weight excluding hydrogens is 331 g/mol. The molecule has 0 aliphatic heterocycles. The Morgan fingerprint density at radius 1 is 0.667 bits per heavy atom. The first-order chi connectivity index (χ1) is 9.93. The average Bonchev–Trinajstić information content (AvgIpc) is 3.18. The number of aryl methyl sites for hydroxylation is 4. The first-order valence-corrected chi connectivity index (χ1v) is 7.90. The van der Waals surface area contributed by atoms with E-state index < -0.39 is 0 Å². The third kappa shape index (κ3) is 5.22. The third-order valence-electron chi connectivity index (χ3n) is 4.30. The Morgan fingerprint density at radius 2 is 1.05 bits per heavy atom. The van der Waals surface area contributed by atoms with Gasteiger partial charge in [-0.05, 0) is 0 Å². The van der Waals surface area contributed by atoms with Crippen LogP contribution in [0.4, 0.5) is 0 Å². The molecule has 4 rings (SSSR count). The summed E-state index contributed by atoms with van der Waals surface area (Å²) >= 11 is 0. The maximum Gasteiger partial charge on any atom is 2.00 e. The van der Waals surface area contributed by atoms with Gasteiger partial charge in [0.25, 0.3) is 0 Å². The van der Waals surface area contributed by atoms with E-state index in [4.69, 9.17) is 0 Å². The fraction of sp³-hybridized carbons (Fsp3) is 0.400. The molecule has 0 saturated carbocycles. The van der Waals surface area contributed by atoms with Crippen LogP contribution in [-0.2, 0) is 51.9 Å². The van der Waals surface area contributed by atoms with Gasteiger partial charge in [0.2, 0.25) is 0 Å². The van der Waals surface area contributed by atoms with Gasteiger partial charge in [-0.3, -0.25) is 0 Å². The van der Waals surface area contributed by atoms with E-state index in [0.29, 0.717) is 0 Å². The first kappa shape index (κ1) is 18.4.